The summed E-state index contributed by atoms with van der Waals surface area (Å²) in [4.78, 5) is 2.13. The first kappa shape index (κ1) is 20.2. The lowest BCUT2D eigenvalue weighted by Crippen LogP contribution is -2.57. The second-order valence-electron chi connectivity index (χ2n) is 6.65. The highest BCUT2D eigenvalue weighted by Gasteiger charge is 2.36. The van der Waals surface area contributed by atoms with Gasteiger partial charge in [-0.05, 0) is 25.2 Å². The number of hydrogen-bond acceptors (Lipinski definition) is 6. The Kier molecular flexibility index (Phi) is 5.85. The van der Waals surface area contributed by atoms with Gasteiger partial charge in [-0.15, -0.1) is 0 Å². The van der Waals surface area contributed by atoms with E-state index in [4.69, 9.17) is 5.26 Å². The molecule has 0 aliphatic carbocycles. The Balaban J connectivity index is 1.68. The molecule has 2 fully saturated rings. The fourth-order valence-electron chi connectivity index (χ4n) is 3.20. The predicted octanol–water partition coefficient (Wildman–Crippen LogP) is -0.643. The number of nitriles is 1. The monoisotopic (exact) mass is 413 g/mol. The van der Waals surface area contributed by atoms with Crippen LogP contribution in [-0.2, 0) is 20.2 Å². The second-order valence-corrected chi connectivity index (χ2v) is 10.5. The Morgan fingerprint density at radius 2 is 1.37 bits per heavy atom. The van der Waals surface area contributed by atoms with Crippen molar-refractivity contribution in [3.05, 3.63) is 29.8 Å². The summed E-state index contributed by atoms with van der Waals surface area (Å²) in [5.74, 6) is 0. The zero-order chi connectivity index (χ0) is 19.7. The zero-order valence-corrected chi connectivity index (χ0v) is 16.8. The largest absolute Gasteiger partial charge is 0.304 e. The van der Waals surface area contributed by atoms with E-state index in [9.17, 15) is 16.8 Å². The van der Waals surface area contributed by atoms with Crippen LogP contribution in [0.3, 0.4) is 0 Å². The van der Waals surface area contributed by atoms with Gasteiger partial charge in [0.25, 0.3) is 10.2 Å². The summed E-state index contributed by atoms with van der Waals surface area (Å²) < 4.78 is 55.2. The first-order chi connectivity index (χ1) is 12.7. The number of piperazine rings is 2. The van der Waals surface area contributed by atoms with Gasteiger partial charge in [-0.3, -0.25) is 0 Å². The third-order valence-electron chi connectivity index (χ3n) is 4.91. The van der Waals surface area contributed by atoms with Crippen molar-refractivity contribution in [2.75, 3.05) is 59.4 Å². The van der Waals surface area contributed by atoms with Crippen LogP contribution >= 0.6 is 0 Å². The van der Waals surface area contributed by atoms with Crippen molar-refractivity contribution in [1.29, 1.82) is 5.26 Å². The van der Waals surface area contributed by atoms with Crippen molar-refractivity contribution in [2.24, 2.45) is 0 Å². The Morgan fingerprint density at radius 3 is 1.93 bits per heavy atom. The van der Waals surface area contributed by atoms with Gasteiger partial charge in [-0.2, -0.15) is 26.6 Å². The van der Waals surface area contributed by atoms with E-state index in [0.29, 0.717) is 26.2 Å². The highest BCUT2D eigenvalue weighted by molar-refractivity contribution is 7.89. The fourth-order valence-corrected chi connectivity index (χ4v) is 6.24. The summed E-state index contributed by atoms with van der Waals surface area (Å²) in [6.07, 6.45) is 0. The van der Waals surface area contributed by atoms with Crippen molar-refractivity contribution in [3.8, 4) is 6.07 Å². The summed E-state index contributed by atoms with van der Waals surface area (Å²) >= 11 is 0. The fraction of sp³-hybridized carbons (Fsp3) is 0.562. The van der Waals surface area contributed by atoms with Crippen LogP contribution in [0.15, 0.2) is 29.2 Å². The lowest BCUT2D eigenvalue weighted by Gasteiger charge is -2.38. The molecule has 0 N–H and O–H groups in total. The Labute approximate surface area is 160 Å². The molecule has 1 aromatic carbocycles. The first-order valence-corrected chi connectivity index (χ1v) is 11.5. The highest BCUT2D eigenvalue weighted by Crippen LogP contribution is 2.21. The maximum atomic E-state index is 12.8. The Bertz CT molecular complexity index is 926. The molecule has 0 atom stereocenters. The van der Waals surface area contributed by atoms with E-state index in [-0.39, 0.29) is 36.6 Å². The van der Waals surface area contributed by atoms with Gasteiger partial charge in [0, 0.05) is 52.4 Å². The van der Waals surface area contributed by atoms with E-state index >= 15 is 0 Å². The molecule has 0 saturated carbocycles. The molecule has 2 aliphatic heterocycles. The van der Waals surface area contributed by atoms with Crippen LogP contribution in [0.25, 0.3) is 0 Å². The minimum atomic E-state index is -3.76. The highest BCUT2D eigenvalue weighted by atomic mass is 32.2. The summed E-state index contributed by atoms with van der Waals surface area (Å²) in [6, 6.07) is 7.78. The topological polar surface area (TPSA) is 105 Å². The minimum absolute atomic E-state index is 0.0527. The average molecular weight is 414 g/mol. The van der Waals surface area contributed by atoms with Crippen molar-refractivity contribution < 1.29 is 16.8 Å². The van der Waals surface area contributed by atoms with Crippen LogP contribution < -0.4 is 0 Å². The van der Waals surface area contributed by atoms with Gasteiger partial charge < -0.3 is 4.90 Å². The van der Waals surface area contributed by atoms with Crippen molar-refractivity contribution in [2.45, 2.75) is 4.90 Å². The summed E-state index contributed by atoms with van der Waals surface area (Å²) in [6.45, 7) is 2.66. The van der Waals surface area contributed by atoms with Gasteiger partial charge in [0.1, 0.15) is 0 Å². The van der Waals surface area contributed by atoms with Gasteiger partial charge in [-0.1, -0.05) is 6.07 Å². The van der Waals surface area contributed by atoms with Crippen LogP contribution in [0.4, 0.5) is 0 Å². The number of rotatable bonds is 4. The molecular formula is C16H23N5O4S2. The Hall–Kier alpha value is -1.55. The maximum absolute atomic E-state index is 12.8. The number of benzene rings is 1. The Morgan fingerprint density at radius 1 is 0.852 bits per heavy atom. The summed E-state index contributed by atoms with van der Waals surface area (Å²) in [5, 5.41) is 8.96. The van der Waals surface area contributed by atoms with E-state index in [1.165, 1.54) is 31.1 Å². The number of sulfonamides is 1. The molecule has 0 spiro atoms. The number of nitrogens with zero attached hydrogens (tertiary/aromatic N) is 5. The van der Waals surface area contributed by atoms with Crippen molar-refractivity contribution >= 4 is 20.2 Å². The van der Waals surface area contributed by atoms with E-state index in [2.05, 4.69) is 4.90 Å². The zero-order valence-electron chi connectivity index (χ0n) is 15.2. The van der Waals surface area contributed by atoms with Crippen molar-refractivity contribution in [3.63, 3.8) is 0 Å². The molecule has 27 heavy (non-hydrogen) atoms. The number of likely N-dealkylation sites (N-methyl/N-ethyl adjacent to an activating group) is 1. The number of hydrogen-bond donors (Lipinski definition) is 0. The van der Waals surface area contributed by atoms with Crippen LogP contribution in [0.2, 0.25) is 0 Å². The molecule has 0 unspecified atom stereocenters. The first-order valence-electron chi connectivity index (χ1n) is 8.69. The SMILES string of the molecule is CN1CCN(S(=O)(=O)N2CCN(S(=O)(=O)c3cccc(C#N)c3)CC2)CC1. The van der Waals surface area contributed by atoms with Gasteiger partial charge in [-0.25, -0.2) is 8.42 Å². The third kappa shape index (κ3) is 4.16. The smallest absolute Gasteiger partial charge is 0.282 e. The molecule has 2 aliphatic rings. The maximum Gasteiger partial charge on any atom is 0.282 e. The molecule has 3 rings (SSSR count). The second kappa shape index (κ2) is 7.83. The van der Waals surface area contributed by atoms with Crippen LogP contribution in [0, 0.1) is 11.3 Å². The van der Waals surface area contributed by atoms with Crippen LogP contribution in [0.5, 0.6) is 0 Å². The van der Waals surface area contributed by atoms with Gasteiger partial charge in [0.2, 0.25) is 10.0 Å². The van der Waals surface area contributed by atoms with Gasteiger partial charge >= 0.3 is 0 Å². The molecule has 11 heteroatoms. The lowest BCUT2D eigenvalue weighted by molar-refractivity contribution is 0.201. The molecule has 148 valence electrons. The standard InChI is InChI=1S/C16H23N5O4S2/c1-18-5-7-20(8-6-18)27(24,25)21-11-9-19(10-12-21)26(22,23)16-4-2-3-15(13-16)14-17/h2-4,13H,5-12H2,1H3. The lowest BCUT2D eigenvalue weighted by atomic mass is 10.2. The molecule has 9 nitrogen and oxygen atoms in total. The molecule has 0 aromatic heterocycles. The van der Waals surface area contributed by atoms with E-state index in [1.807, 2.05) is 13.1 Å². The molecule has 0 radical (unpaired) electrons. The van der Waals surface area contributed by atoms with E-state index < -0.39 is 20.2 Å². The molecule has 2 heterocycles. The molecule has 1 aromatic rings. The molecule has 0 amide bonds. The molecule has 0 bridgehead atoms. The van der Waals surface area contributed by atoms with E-state index in [1.54, 1.807) is 6.07 Å². The van der Waals surface area contributed by atoms with E-state index in [0.717, 1.165) is 0 Å². The predicted molar refractivity (Wildman–Crippen MR) is 99.5 cm³/mol. The van der Waals surface area contributed by atoms with Crippen LogP contribution in [-0.4, -0.2) is 94.1 Å². The molecule has 2 saturated heterocycles. The average Bonchev–Trinajstić information content (AvgIpc) is 2.68. The normalized spacial score (nSPS) is 21.8. The third-order valence-corrected chi connectivity index (χ3v) is 8.84. The minimum Gasteiger partial charge on any atom is -0.304 e. The summed E-state index contributed by atoms with van der Waals surface area (Å²) in [5.41, 5.74) is 0.271. The summed E-state index contributed by atoms with van der Waals surface area (Å²) in [7, 11) is -5.38. The van der Waals surface area contributed by atoms with Gasteiger partial charge in [0.05, 0.1) is 16.5 Å². The van der Waals surface area contributed by atoms with Crippen molar-refractivity contribution in [1.82, 2.24) is 17.8 Å². The van der Waals surface area contributed by atoms with Gasteiger partial charge in [0.15, 0.2) is 0 Å². The quantitative estimate of drug-likeness (QED) is 0.650. The molecular weight excluding hydrogens is 390 g/mol. The van der Waals surface area contributed by atoms with Crippen LogP contribution in [0.1, 0.15) is 5.56 Å².